The van der Waals surface area contributed by atoms with Crippen molar-refractivity contribution in [1.82, 2.24) is 0 Å². The zero-order valence-corrected chi connectivity index (χ0v) is 20.6. The molecular formula is C27H35NO5. The minimum atomic E-state index is -0.936. The monoisotopic (exact) mass is 453 g/mol. The molecule has 0 unspecified atom stereocenters. The number of hydrogen-bond donors (Lipinski definition) is 2. The first-order valence-electron chi connectivity index (χ1n) is 11.1. The van der Waals surface area contributed by atoms with Crippen molar-refractivity contribution in [2.24, 2.45) is 5.73 Å². The van der Waals surface area contributed by atoms with Gasteiger partial charge in [-0.3, -0.25) is 9.59 Å². The van der Waals surface area contributed by atoms with Crippen molar-refractivity contribution in [2.75, 3.05) is 0 Å². The molecule has 0 aliphatic heterocycles. The smallest absolute Gasteiger partial charge is 0.338 e. The number of benzene rings is 2. The standard InChI is InChI=1S/C27H35NO5/c1-16-12-17(2)23(27(6,7)15-22(29)30)20(13-16)24(31)21(28)14-18-10-8-9-11-19(18)25(32)33-26(3,4)5/h8-13,21H,14-15,28H2,1-7H3,(H,29,30)/t21-/m0/s1. The molecule has 0 spiro atoms. The van der Waals surface area contributed by atoms with Crippen LogP contribution in [0.3, 0.4) is 0 Å². The number of nitrogens with two attached hydrogens (primary N) is 1. The van der Waals surface area contributed by atoms with Crippen LogP contribution in [0, 0.1) is 13.8 Å². The fraction of sp³-hybridized carbons (Fsp3) is 0.444. The van der Waals surface area contributed by atoms with Crippen LogP contribution in [0.4, 0.5) is 0 Å². The number of carboxylic acid groups (broad SMARTS) is 1. The molecule has 1 atom stereocenters. The van der Waals surface area contributed by atoms with Gasteiger partial charge in [0.05, 0.1) is 18.0 Å². The Bertz CT molecular complexity index is 1060. The Kier molecular flexibility index (Phi) is 7.86. The summed E-state index contributed by atoms with van der Waals surface area (Å²) in [6.45, 7) is 12.8. The minimum absolute atomic E-state index is 0.117. The first-order chi connectivity index (χ1) is 15.1. The van der Waals surface area contributed by atoms with Crippen LogP contribution < -0.4 is 5.73 Å². The normalized spacial score (nSPS) is 12.8. The molecule has 0 aliphatic carbocycles. The van der Waals surface area contributed by atoms with Gasteiger partial charge >= 0.3 is 11.9 Å². The zero-order valence-electron chi connectivity index (χ0n) is 20.6. The van der Waals surface area contributed by atoms with Gasteiger partial charge in [-0.15, -0.1) is 0 Å². The van der Waals surface area contributed by atoms with Gasteiger partial charge in [0.15, 0.2) is 5.78 Å². The maximum absolute atomic E-state index is 13.5. The molecule has 2 aromatic rings. The van der Waals surface area contributed by atoms with E-state index in [2.05, 4.69) is 0 Å². The number of ether oxygens (including phenoxy) is 1. The third-order valence-corrected chi connectivity index (χ3v) is 5.43. The zero-order chi connectivity index (χ0) is 25.1. The summed E-state index contributed by atoms with van der Waals surface area (Å²) in [5, 5.41) is 9.40. The molecule has 2 aromatic carbocycles. The third-order valence-electron chi connectivity index (χ3n) is 5.43. The number of carbonyl (C=O) groups excluding carboxylic acids is 2. The number of carboxylic acids is 1. The summed E-state index contributed by atoms with van der Waals surface area (Å²) in [4.78, 5) is 37.7. The summed E-state index contributed by atoms with van der Waals surface area (Å²) in [6, 6.07) is 9.77. The molecular weight excluding hydrogens is 418 g/mol. The first-order valence-corrected chi connectivity index (χ1v) is 11.1. The quantitative estimate of drug-likeness (QED) is 0.441. The van der Waals surface area contributed by atoms with Crippen LogP contribution in [-0.2, 0) is 21.4 Å². The number of hydrogen-bond acceptors (Lipinski definition) is 5. The number of ketones is 1. The summed E-state index contributed by atoms with van der Waals surface area (Å²) in [5.41, 5.74) is 8.84. The topological polar surface area (TPSA) is 107 Å². The van der Waals surface area contributed by atoms with Gasteiger partial charge < -0.3 is 15.6 Å². The summed E-state index contributed by atoms with van der Waals surface area (Å²) in [7, 11) is 0. The van der Waals surface area contributed by atoms with Crippen LogP contribution >= 0.6 is 0 Å². The molecule has 0 bridgehead atoms. The van der Waals surface area contributed by atoms with Crippen molar-refractivity contribution in [3.8, 4) is 0 Å². The lowest BCUT2D eigenvalue weighted by Gasteiger charge is -2.29. The third kappa shape index (κ3) is 6.75. The predicted molar refractivity (Wildman–Crippen MR) is 129 cm³/mol. The van der Waals surface area contributed by atoms with Gasteiger partial charge in [-0.05, 0) is 69.9 Å². The Morgan fingerprint density at radius 3 is 2.18 bits per heavy atom. The second-order valence-corrected chi connectivity index (χ2v) is 10.3. The van der Waals surface area contributed by atoms with Gasteiger partial charge in [0.2, 0.25) is 0 Å². The van der Waals surface area contributed by atoms with E-state index < -0.39 is 29.0 Å². The lowest BCUT2D eigenvalue weighted by atomic mass is 9.74. The number of aliphatic carboxylic acids is 1. The van der Waals surface area contributed by atoms with Crippen molar-refractivity contribution in [1.29, 1.82) is 0 Å². The highest BCUT2D eigenvalue weighted by molar-refractivity contribution is 6.02. The fourth-order valence-corrected chi connectivity index (χ4v) is 4.29. The second-order valence-electron chi connectivity index (χ2n) is 10.3. The van der Waals surface area contributed by atoms with E-state index in [9.17, 15) is 19.5 Å². The molecule has 0 saturated carbocycles. The van der Waals surface area contributed by atoms with Crippen LogP contribution in [0.5, 0.6) is 0 Å². The van der Waals surface area contributed by atoms with Crippen molar-refractivity contribution in [3.05, 3.63) is 69.8 Å². The van der Waals surface area contributed by atoms with Gasteiger partial charge in [-0.2, -0.15) is 0 Å². The van der Waals surface area contributed by atoms with Crippen molar-refractivity contribution in [2.45, 2.75) is 78.4 Å². The van der Waals surface area contributed by atoms with E-state index >= 15 is 0 Å². The largest absolute Gasteiger partial charge is 0.481 e. The number of aryl methyl sites for hydroxylation is 2. The summed E-state index contributed by atoms with van der Waals surface area (Å²) < 4.78 is 5.50. The SMILES string of the molecule is Cc1cc(C)c(C(C)(C)CC(=O)O)c(C(=O)[C@@H](N)Cc2ccccc2C(=O)OC(C)(C)C)c1. The number of Topliss-reactive ketones (excluding diaryl/α,β-unsaturated/α-hetero) is 1. The van der Waals surface area contributed by atoms with Gasteiger partial charge in [0, 0.05) is 11.0 Å². The van der Waals surface area contributed by atoms with Crippen LogP contribution in [-0.4, -0.2) is 34.5 Å². The van der Waals surface area contributed by atoms with Gasteiger partial charge in [0.25, 0.3) is 0 Å². The van der Waals surface area contributed by atoms with E-state index in [4.69, 9.17) is 10.5 Å². The lowest BCUT2D eigenvalue weighted by Crippen LogP contribution is -2.36. The number of carbonyl (C=O) groups is 3. The van der Waals surface area contributed by atoms with E-state index in [1.165, 1.54) is 0 Å². The summed E-state index contributed by atoms with van der Waals surface area (Å²) in [6.07, 6.45) is 0.0356. The Hall–Kier alpha value is -2.99. The fourth-order valence-electron chi connectivity index (χ4n) is 4.29. The van der Waals surface area contributed by atoms with Crippen LogP contribution in [0.2, 0.25) is 0 Å². The van der Waals surface area contributed by atoms with Crippen LogP contribution in [0.1, 0.15) is 84.0 Å². The Morgan fingerprint density at radius 2 is 1.61 bits per heavy atom. The van der Waals surface area contributed by atoms with E-state index in [1.807, 2.05) is 33.8 Å². The molecule has 3 N–H and O–H groups in total. The second kappa shape index (κ2) is 9.87. The maximum atomic E-state index is 13.5. The van der Waals surface area contributed by atoms with E-state index in [1.54, 1.807) is 51.1 Å². The minimum Gasteiger partial charge on any atom is -0.481 e. The van der Waals surface area contributed by atoms with Crippen molar-refractivity contribution in [3.63, 3.8) is 0 Å². The molecule has 0 amide bonds. The summed E-state index contributed by atoms with van der Waals surface area (Å²) >= 11 is 0. The molecule has 0 heterocycles. The molecule has 178 valence electrons. The van der Waals surface area contributed by atoms with Gasteiger partial charge in [-0.1, -0.05) is 43.7 Å². The summed E-state index contributed by atoms with van der Waals surface area (Å²) in [5.74, 6) is -1.68. The maximum Gasteiger partial charge on any atom is 0.338 e. The highest BCUT2D eigenvalue weighted by atomic mass is 16.6. The molecule has 0 saturated heterocycles. The lowest BCUT2D eigenvalue weighted by molar-refractivity contribution is -0.138. The van der Waals surface area contributed by atoms with E-state index in [0.717, 1.165) is 11.1 Å². The Labute approximate surface area is 196 Å². The van der Waals surface area contributed by atoms with Gasteiger partial charge in [0.1, 0.15) is 5.60 Å². The average molecular weight is 454 g/mol. The molecule has 6 nitrogen and oxygen atoms in total. The number of esters is 1. The highest BCUT2D eigenvalue weighted by Crippen LogP contribution is 2.34. The first kappa shape index (κ1) is 26.3. The molecule has 0 aromatic heterocycles. The molecule has 2 rings (SSSR count). The van der Waals surface area contributed by atoms with Crippen molar-refractivity contribution >= 4 is 17.7 Å². The molecule has 33 heavy (non-hydrogen) atoms. The van der Waals surface area contributed by atoms with E-state index in [0.29, 0.717) is 22.3 Å². The average Bonchev–Trinajstić information content (AvgIpc) is 2.64. The van der Waals surface area contributed by atoms with Crippen molar-refractivity contribution < 1.29 is 24.2 Å². The Balaban J connectivity index is 2.43. The number of rotatable bonds is 8. The molecule has 0 radical (unpaired) electrons. The van der Waals surface area contributed by atoms with Crippen LogP contribution in [0.25, 0.3) is 0 Å². The Morgan fingerprint density at radius 1 is 1.00 bits per heavy atom. The predicted octanol–water partition coefficient (Wildman–Crippen LogP) is 4.76. The molecule has 0 aliphatic rings. The molecule has 0 fully saturated rings. The highest BCUT2D eigenvalue weighted by Gasteiger charge is 2.32. The van der Waals surface area contributed by atoms with Gasteiger partial charge in [-0.25, -0.2) is 4.79 Å². The van der Waals surface area contributed by atoms with Crippen LogP contribution in [0.15, 0.2) is 36.4 Å². The van der Waals surface area contributed by atoms with E-state index in [-0.39, 0.29) is 18.6 Å². The molecule has 6 heteroatoms.